The molecule has 2 unspecified atom stereocenters. The van der Waals surface area contributed by atoms with E-state index in [0.717, 1.165) is 12.8 Å². The van der Waals surface area contributed by atoms with Crippen LogP contribution in [0.3, 0.4) is 0 Å². The van der Waals surface area contributed by atoms with Crippen LogP contribution in [0.1, 0.15) is 32.1 Å². The number of aromatic nitrogens is 1. The molecule has 1 amide bonds. The van der Waals surface area contributed by atoms with Crippen LogP contribution in [0.15, 0.2) is 24.4 Å². The van der Waals surface area contributed by atoms with Crippen LogP contribution in [0.2, 0.25) is 0 Å². The molecule has 6 heteroatoms. The Morgan fingerprint density at radius 1 is 1.45 bits per heavy atom. The Morgan fingerprint density at radius 3 is 3.00 bits per heavy atom. The number of carboxylic acid groups (broad SMARTS) is 1. The highest BCUT2D eigenvalue weighted by Gasteiger charge is 2.51. The number of pyridine rings is 1. The Labute approximate surface area is 129 Å². The van der Waals surface area contributed by atoms with Gasteiger partial charge in [-0.15, -0.1) is 0 Å². The monoisotopic (exact) mass is 304 g/mol. The molecule has 0 radical (unpaired) electrons. The van der Waals surface area contributed by atoms with Gasteiger partial charge in [0.1, 0.15) is 6.61 Å². The van der Waals surface area contributed by atoms with Crippen LogP contribution in [-0.4, -0.2) is 45.6 Å². The lowest BCUT2D eigenvalue weighted by atomic mass is 10.0. The molecule has 1 saturated heterocycles. The highest BCUT2D eigenvalue weighted by atomic mass is 16.5. The lowest BCUT2D eigenvalue weighted by Crippen LogP contribution is -2.56. The van der Waals surface area contributed by atoms with Crippen molar-refractivity contribution in [3.05, 3.63) is 24.4 Å². The quantitative estimate of drug-likeness (QED) is 0.740. The summed E-state index contributed by atoms with van der Waals surface area (Å²) in [4.78, 5) is 28.4. The second kappa shape index (κ2) is 6.34. The van der Waals surface area contributed by atoms with Gasteiger partial charge >= 0.3 is 5.97 Å². The molecule has 118 valence electrons. The lowest BCUT2D eigenvalue weighted by Gasteiger charge is -2.40. The number of carbonyl (C=O) groups is 2. The molecule has 3 atom stereocenters. The minimum absolute atomic E-state index is 0.129. The van der Waals surface area contributed by atoms with Gasteiger partial charge in [0.25, 0.3) is 0 Å². The van der Waals surface area contributed by atoms with Crippen molar-refractivity contribution in [1.29, 1.82) is 0 Å². The van der Waals surface area contributed by atoms with E-state index in [0.29, 0.717) is 31.2 Å². The molecule has 3 rings (SSSR count). The zero-order chi connectivity index (χ0) is 15.5. The predicted molar refractivity (Wildman–Crippen MR) is 78.4 cm³/mol. The predicted octanol–water partition coefficient (Wildman–Crippen LogP) is 1.70. The maximum absolute atomic E-state index is 11.8. The fourth-order valence-corrected chi connectivity index (χ4v) is 3.10. The zero-order valence-corrected chi connectivity index (χ0v) is 12.4. The molecule has 1 aromatic rings. The number of carboxylic acids is 1. The number of β-lactam (4-membered cyclic amide) rings is 1. The number of hydrogen-bond donors (Lipinski definition) is 1. The Bertz CT molecular complexity index is 548. The number of nitrogens with zero attached hydrogens (tertiary/aromatic N) is 2. The van der Waals surface area contributed by atoms with E-state index in [9.17, 15) is 9.59 Å². The van der Waals surface area contributed by atoms with Gasteiger partial charge in [-0.05, 0) is 31.2 Å². The summed E-state index contributed by atoms with van der Waals surface area (Å²) in [6.45, 7) is 0.473. The summed E-state index contributed by atoms with van der Waals surface area (Å²) in [6.07, 6.45) is 4.99. The molecule has 1 saturated carbocycles. The maximum atomic E-state index is 11.8. The van der Waals surface area contributed by atoms with Gasteiger partial charge in [0.15, 0.2) is 0 Å². The van der Waals surface area contributed by atoms with Crippen molar-refractivity contribution in [2.75, 3.05) is 6.61 Å². The number of hydrogen-bond acceptors (Lipinski definition) is 4. The number of likely N-dealkylation sites (tertiary alicyclic amines) is 1. The van der Waals surface area contributed by atoms with Gasteiger partial charge in [0.2, 0.25) is 11.8 Å². The SMILES string of the molecule is O=C(O)CCCC1CC1N1C(=O)C[C@@H]1COc1ccccn1. The molecule has 0 bridgehead atoms. The minimum atomic E-state index is -0.751. The number of carbonyl (C=O) groups excluding carboxylic acids is 1. The van der Waals surface area contributed by atoms with Crippen molar-refractivity contribution >= 4 is 11.9 Å². The van der Waals surface area contributed by atoms with E-state index in [1.807, 2.05) is 17.0 Å². The van der Waals surface area contributed by atoms with Crippen LogP contribution in [0.5, 0.6) is 5.88 Å². The number of amides is 1. The molecular weight excluding hydrogens is 284 g/mol. The molecule has 1 aliphatic heterocycles. The summed E-state index contributed by atoms with van der Waals surface area (Å²) < 4.78 is 5.63. The smallest absolute Gasteiger partial charge is 0.303 e. The summed E-state index contributed by atoms with van der Waals surface area (Å²) in [5.74, 6) is 0.468. The van der Waals surface area contributed by atoms with E-state index >= 15 is 0 Å². The van der Waals surface area contributed by atoms with Crippen LogP contribution in [0.25, 0.3) is 0 Å². The molecule has 22 heavy (non-hydrogen) atoms. The van der Waals surface area contributed by atoms with Crippen molar-refractivity contribution < 1.29 is 19.4 Å². The molecule has 0 spiro atoms. The number of ether oxygens (including phenoxy) is 1. The summed E-state index contributed by atoms with van der Waals surface area (Å²) in [7, 11) is 0. The van der Waals surface area contributed by atoms with Crippen LogP contribution < -0.4 is 4.74 Å². The second-order valence-corrected chi connectivity index (χ2v) is 5.99. The average Bonchev–Trinajstić information content (AvgIpc) is 3.22. The summed E-state index contributed by atoms with van der Waals surface area (Å²) >= 11 is 0. The number of aliphatic carboxylic acids is 1. The Balaban J connectivity index is 1.43. The Kier molecular flexibility index (Phi) is 4.27. The van der Waals surface area contributed by atoms with Crippen molar-refractivity contribution in [2.24, 2.45) is 5.92 Å². The van der Waals surface area contributed by atoms with E-state index < -0.39 is 5.97 Å². The van der Waals surface area contributed by atoms with Gasteiger partial charge in [-0.3, -0.25) is 9.59 Å². The van der Waals surface area contributed by atoms with E-state index in [2.05, 4.69) is 4.98 Å². The van der Waals surface area contributed by atoms with E-state index in [4.69, 9.17) is 9.84 Å². The molecule has 6 nitrogen and oxygen atoms in total. The zero-order valence-electron chi connectivity index (χ0n) is 12.4. The first-order chi connectivity index (χ1) is 10.6. The van der Waals surface area contributed by atoms with Crippen LogP contribution in [0.4, 0.5) is 0 Å². The summed E-state index contributed by atoms with van der Waals surface area (Å²) in [5, 5.41) is 8.65. The van der Waals surface area contributed by atoms with Crippen LogP contribution >= 0.6 is 0 Å². The second-order valence-electron chi connectivity index (χ2n) is 5.99. The summed E-state index contributed by atoms with van der Waals surface area (Å²) in [6, 6.07) is 5.91. The third-order valence-corrected chi connectivity index (χ3v) is 4.36. The molecule has 1 aliphatic carbocycles. The highest BCUT2D eigenvalue weighted by molar-refractivity contribution is 5.84. The van der Waals surface area contributed by atoms with E-state index in [1.54, 1.807) is 12.3 Å². The van der Waals surface area contributed by atoms with Gasteiger partial charge in [0.05, 0.1) is 12.5 Å². The fourth-order valence-electron chi connectivity index (χ4n) is 3.10. The van der Waals surface area contributed by atoms with Gasteiger partial charge in [-0.1, -0.05) is 6.07 Å². The third kappa shape index (κ3) is 3.37. The largest absolute Gasteiger partial charge is 0.481 e. The first kappa shape index (κ1) is 14.8. The van der Waals surface area contributed by atoms with Crippen LogP contribution in [0, 0.1) is 5.92 Å². The third-order valence-electron chi connectivity index (χ3n) is 4.36. The summed E-state index contributed by atoms with van der Waals surface area (Å²) in [5.41, 5.74) is 0. The Morgan fingerprint density at radius 2 is 2.32 bits per heavy atom. The highest BCUT2D eigenvalue weighted by Crippen LogP contribution is 2.44. The topological polar surface area (TPSA) is 79.7 Å². The normalized spacial score (nSPS) is 26.5. The molecule has 0 aromatic carbocycles. The van der Waals surface area contributed by atoms with Gasteiger partial charge in [-0.2, -0.15) is 0 Å². The fraction of sp³-hybridized carbons (Fsp3) is 0.562. The molecule has 1 N–H and O–H groups in total. The molecule has 2 fully saturated rings. The first-order valence-electron chi connectivity index (χ1n) is 7.72. The van der Waals surface area contributed by atoms with Crippen molar-refractivity contribution in [3.63, 3.8) is 0 Å². The van der Waals surface area contributed by atoms with Crippen LogP contribution in [-0.2, 0) is 9.59 Å². The standard InChI is InChI=1S/C16H20N2O4/c19-15-9-12(10-22-14-5-1-2-7-17-14)18(15)13-8-11(13)4-3-6-16(20)21/h1-2,5,7,11-13H,3-4,6,8-10H2,(H,20,21)/t11?,12-,13?/m1/s1. The van der Waals surface area contributed by atoms with Gasteiger partial charge in [-0.25, -0.2) is 4.98 Å². The maximum Gasteiger partial charge on any atom is 0.303 e. The Hall–Kier alpha value is -2.11. The first-order valence-corrected chi connectivity index (χ1v) is 7.72. The number of rotatable bonds is 8. The molecule has 2 aliphatic rings. The average molecular weight is 304 g/mol. The lowest BCUT2D eigenvalue weighted by molar-refractivity contribution is -0.149. The van der Waals surface area contributed by atoms with Crippen molar-refractivity contribution in [2.45, 2.75) is 44.2 Å². The molecule has 1 aromatic heterocycles. The minimum Gasteiger partial charge on any atom is -0.481 e. The van der Waals surface area contributed by atoms with Gasteiger partial charge < -0.3 is 14.7 Å². The van der Waals surface area contributed by atoms with Crippen molar-refractivity contribution in [1.82, 2.24) is 9.88 Å². The molecule has 2 heterocycles. The van der Waals surface area contributed by atoms with Crippen molar-refractivity contribution in [3.8, 4) is 5.88 Å². The molecular formula is C16H20N2O4. The van der Waals surface area contributed by atoms with E-state index in [-0.39, 0.29) is 24.4 Å². The van der Waals surface area contributed by atoms with E-state index in [1.165, 1.54) is 0 Å². The van der Waals surface area contributed by atoms with Gasteiger partial charge in [0, 0.05) is 24.7 Å².